The van der Waals surface area contributed by atoms with E-state index in [1.54, 1.807) is 0 Å². The predicted octanol–water partition coefficient (Wildman–Crippen LogP) is 3.89. The summed E-state index contributed by atoms with van der Waals surface area (Å²) in [6.07, 6.45) is 1.94. The molecule has 0 aliphatic heterocycles. The number of nitrogens with zero attached hydrogens (tertiary/aromatic N) is 3. The number of thiocarbonyl (C=S) groups is 1. The van der Waals surface area contributed by atoms with Gasteiger partial charge in [-0.05, 0) is 50.3 Å². The van der Waals surface area contributed by atoms with Gasteiger partial charge >= 0.3 is 0 Å². The highest BCUT2D eigenvalue weighted by Gasteiger charge is 2.12. The van der Waals surface area contributed by atoms with Gasteiger partial charge in [0.2, 0.25) is 0 Å². The molecule has 0 fully saturated rings. The molecule has 2 heterocycles. The molecule has 21 heavy (non-hydrogen) atoms. The standard InChI is InChI=1S/C15H15ClN4S/c1-9-14(10(2)19(3)18-9)17-15(21)20-7-6-11-8-12(16)4-5-13(11)20/h4-8H,1-3H3,(H,17,21). The number of aromatic nitrogens is 3. The Morgan fingerprint density at radius 1 is 1.29 bits per heavy atom. The summed E-state index contributed by atoms with van der Waals surface area (Å²) in [4.78, 5) is 0. The quantitative estimate of drug-likeness (QED) is 0.691. The van der Waals surface area contributed by atoms with Crippen LogP contribution in [-0.2, 0) is 7.05 Å². The van der Waals surface area contributed by atoms with Crippen LogP contribution in [0.2, 0.25) is 5.02 Å². The van der Waals surface area contributed by atoms with Gasteiger partial charge in [0.05, 0.1) is 22.6 Å². The van der Waals surface area contributed by atoms with Gasteiger partial charge in [-0.2, -0.15) is 5.10 Å². The fourth-order valence-corrected chi connectivity index (χ4v) is 2.85. The van der Waals surface area contributed by atoms with Gasteiger partial charge in [-0.1, -0.05) is 11.6 Å². The lowest BCUT2D eigenvalue weighted by atomic mass is 10.2. The summed E-state index contributed by atoms with van der Waals surface area (Å²) >= 11 is 11.5. The minimum atomic E-state index is 0.617. The van der Waals surface area contributed by atoms with Gasteiger partial charge in [0.25, 0.3) is 0 Å². The second kappa shape index (κ2) is 5.16. The first-order valence-corrected chi connectivity index (χ1v) is 7.34. The molecular weight excluding hydrogens is 304 g/mol. The number of fused-ring (bicyclic) bond motifs is 1. The van der Waals surface area contributed by atoms with Crippen LogP contribution >= 0.6 is 23.8 Å². The van der Waals surface area contributed by atoms with Gasteiger partial charge in [-0.3, -0.25) is 9.25 Å². The molecule has 0 atom stereocenters. The number of benzene rings is 1. The van der Waals surface area contributed by atoms with Crippen molar-refractivity contribution in [2.45, 2.75) is 13.8 Å². The number of nitrogens with one attached hydrogen (secondary N) is 1. The summed E-state index contributed by atoms with van der Waals surface area (Å²) < 4.78 is 3.78. The summed E-state index contributed by atoms with van der Waals surface area (Å²) in [6.45, 7) is 3.98. The molecule has 4 nitrogen and oxygen atoms in total. The number of anilines is 1. The third kappa shape index (κ3) is 2.43. The van der Waals surface area contributed by atoms with Gasteiger partial charge in [-0.15, -0.1) is 0 Å². The summed E-state index contributed by atoms with van der Waals surface area (Å²) in [5.74, 6) is 0. The van der Waals surface area contributed by atoms with E-state index >= 15 is 0 Å². The van der Waals surface area contributed by atoms with E-state index in [1.807, 2.05) is 60.6 Å². The van der Waals surface area contributed by atoms with Crippen molar-refractivity contribution in [2.24, 2.45) is 7.05 Å². The molecule has 0 radical (unpaired) electrons. The lowest BCUT2D eigenvalue weighted by Gasteiger charge is -2.10. The van der Waals surface area contributed by atoms with Gasteiger partial charge in [0.1, 0.15) is 0 Å². The minimum absolute atomic E-state index is 0.617. The van der Waals surface area contributed by atoms with Crippen molar-refractivity contribution in [2.75, 3.05) is 5.32 Å². The van der Waals surface area contributed by atoms with Crippen LogP contribution in [-0.4, -0.2) is 19.5 Å². The molecule has 0 bridgehead atoms. The van der Waals surface area contributed by atoms with E-state index < -0.39 is 0 Å². The molecule has 1 aromatic carbocycles. The van der Waals surface area contributed by atoms with Crippen molar-refractivity contribution in [1.82, 2.24) is 14.3 Å². The zero-order chi connectivity index (χ0) is 15.1. The van der Waals surface area contributed by atoms with E-state index in [0.29, 0.717) is 5.11 Å². The Morgan fingerprint density at radius 2 is 2.05 bits per heavy atom. The van der Waals surface area contributed by atoms with Crippen LogP contribution in [0.4, 0.5) is 5.69 Å². The maximum absolute atomic E-state index is 6.01. The minimum Gasteiger partial charge on any atom is -0.329 e. The molecule has 3 aromatic rings. The smallest absolute Gasteiger partial charge is 0.182 e. The van der Waals surface area contributed by atoms with Crippen molar-refractivity contribution in [3.05, 3.63) is 46.9 Å². The molecule has 2 aromatic heterocycles. The van der Waals surface area contributed by atoms with Crippen LogP contribution in [0.5, 0.6) is 0 Å². The first kappa shape index (κ1) is 14.1. The fourth-order valence-electron chi connectivity index (χ4n) is 2.41. The van der Waals surface area contributed by atoms with Gasteiger partial charge in [0, 0.05) is 23.7 Å². The molecule has 0 aliphatic rings. The predicted molar refractivity (Wildman–Crippen MR) is 91.2 cm³/mol. The third-order valence-corrected chi connectivity index (χ3v) is 4.15. The normalized spacial score (nSPS) is 11.0. The number of rotatable bonds is 1. The van der Waals surface area contributed by atoms with Crippen molar-refractivity contribution in [1.29, 1.82) is 0 Å². The van der Waals surface area contributed by atoms with Crippen LogP contribution in [0, 0.1) is 13.8 Å². The van der Waals surface area contributed by atoms with Crippen molar-refractivity contribution >= 4 is 45.5 Å². The maximum Gasteiger partial charge on any atom is 0.182 e. The summed E-state index contributed by atoms with van der Waals surface area (Å²) in [5, 5.41) is 10.1. The van der Waals surface area contributed by atoms with Crippen molar-refractivity contribution in [3.63, 3.8) is 0 Å². The number of halogens is 1. The molecule has 3 rings (SSSR count). The zero-order valence-corrected chi connectivity index (χ0v) is 13.6. The van der Waals surface area contributed by atoms with E-state index in [-0.39, 0.29) is 0 Å². The first-order chi connectivity index (χ1) is 9.97. The Morgan fingerprint density at radius 3 is 2.71 bits per heavy atom. The lowest BCUT2D eigenvalue weighted by Crippen LogP contribution is -2.18. The Hall–Kier alpha value is -1.85. The fraction of sp³-hybridized carbons (Fsp3) is 0.200. The molecule has 108 valence electrons. The van der Waals surface area contributed by atoms with Crippen molar-refractivity contribution in [3.8, 4) is 0 Å². The molecule has 0 spiro atoms. The molecule has 0 saturated heterocycles. The van der Waals surface area contributed by atoms with E-state index in [0.717, 1.165) is 33.0 Å². The Labute approximate surface area is 133 Å². The van der Waals surface area contributed by atoms with E-state index in [1.165, 1.54) is 0 Å². The lowest BCUT2D eigenvalue weighted by molar-refractivity contribution is 0.731. The molecule has 6 heteroatoms. The van der Waals surface area contributed by atoms with E-state index in [9.17, 15) is 0 Å². The highest BCUT2D eigenvalue weighted by molar-refractivity contribution is 7.80. The molecule has 0 unspecified atom stereocenters. The van der Waals surface area contributed by atoms with Gasteiger partial charge in [-0.25, -0.2) is 0 Å². The SMILES string of the molecule is Cc1nn(C)c(C)c1NC(=S)n1ccc2cc(Cl)ccc21. The summed E-state index contributed by atoms with van der Waals surface area (Å²) in [7, 11) is 1.92. The second-order valence-electron chi connectivity index (χ2n) is 4.99. The van der Waals surface area contributed by atoms with Crippen molar-refractivity contribution < 1.29 is 0 Å². The Bertz CT molecular complexity index is 847. The highest BCUT2D eigenvalue weighted by Crippen LogP contribution is 2.22. The molecular formula is C15H15ClN4S. The molecule has 0 amide bonds. The summed E-state index contributed by atoms with van der Waals surface area (Å²) in [6, 6.07) is 7.76. The largest absolute Gasteiger partial charge is 0.329 e. The number of hydrogen-bond donors (Lipinski definition) is 1. The highest BCUT2D eigenvalue weighted by atomic mass is 35.5. The summed E-state index contributed by atoms with van der Waals surface area (Å²) in [5.41, 5.74) is 3.96. The molecule has 1 N–H and O–H groups in total. The van der Waals surface area contributed by atoms with Crippen LogP contribution in [0.3, 0.4) is 0 Å². The van der Waals surface area contributed by atoms with Crippen LogP contribution in [0.15, 0.2) is 30.5 Å². The number of hydrogen-bond acceptors (Lipinski definition) is 2. The molecule has 0 aliphatic carbocycles. The first-order valence-electron chi connectivity index (χ1n) is 6.55. The zero-order valence-electron chi connectivity index (χ0n) is 12.0. The van der Waals surface area contributed by atoms with Gasteiger partial charge < -0.3 is 5.32 Å². The second-order valence-corrected chi connectivity index (χ2v) is 5.81. The van der Waals surface area contributed by atoms with Crippen LogP contribution in [0.1, 0.15) is 11.4 Å². The van der Waals surface area contributed by atoms with E-state index in [2.05, 4.69) is 10.4 Å². The average Bonchev–Trinajstić information content (AvgIpc) is 2.95. The van der Waals surface area contributed by atoms with Crippen LogP contribution in [0.25, 0.3) is 10.9 Å². The topological polar surface area (TPSA) is 34.8 Å². The third-order valence-electron chi connectivity index (χ3n) is 3.61. The number of aryl methyl sites for hydroxylation is 2. The van der Waals surface area contributed by atoms with E-state index in [4.69, 9.17) is 23.8 Å². The van der Waals surface area contributed by atoms with Crippen LogP contribution < -0.4 is 5.32 Å². The monoisotopic (exact) mass is 318 g/mol. The molecule has 0 saturated carbocycles. The van der Waals surface area contributed by atoms with Gasteiger partial charge in [0.15, 0.2) is 5.11 Å². The Balaban J connectivity index is 1.97. The maximum atomic E-state index is 6.01. The average molecular weight is 319 g/mol. The Kier molecular flexibility index (Phi) is 3.47.